The average molecular weight is 323 g/mol. The Balaban J connectivity index is 2.48. The molecule has 1 amide bonds. The fourth-order valence-corrected chi connectivity index (χ4v) is 1.98. The molecule has 128 valence electrons. The van der Waals surface area contributed by atoms with E-state index in [4.69, 9.17) is 14.6 Å². The van der Waals surface area contributed by atoms with Gasteiger partial charge in [0.2, 0.25) is 0 Å². The van der Waals surface area contributed by atoms with Gasteiger partial charge in [0.1, 0.15) is 5.75 Å². The van der Waals surface area contributed by atoms with Gasteiger partial charge in [-0.2, -0.15) is 0 Å². The van der Waals surface area contributed by atoms with E-state index in [2.05, 4.69) is 6.92 Å². The van der Waals surface area contributed by atoms with E-state index in [1.165, 1.54) is 7.11 Å². The predicted molar refractivity (Wildman–Crippen MR) is 86.6 cm³/mol. The molecule has 6 heteroatoms. The first-order valence-corrected chi connectivity index (χ1v) is 7.69. The molecule has 1 aromatic carbocycles. The van der Waals surface area contributed by atoms with Gasteiger partial charge in [0, 0.05) is 27.1 Å². The quantitative estimate of drug-likeness (QED) is 0.712. The van der Waals surface area contributed by atoms with Crippen LogP contribution in [0.4, 0.5) is 0 Å². The van der Waals surface area contributed by atoms with Gasteiger partial charge in [-0.15, -0.1) is 0 Å². The zero-order valence-corrected chi connectivity index (χ0v) is 13.9. The van der Waals surface area contributed by atoms with Crippen molar-refractivity contribution in [2.45, 2.75) is 32.3 Å². The number of carbonyl (C=O) groups excluding carboxylic acids is 1. The fraction of sp³-hybridized carbons (Fsp3) is 0.529. The number of carboxylic acid groups (broad SMARTS) is 1. The first kappa shape index (κ1) is 19.0. The Morgan fingerprint density at radius 2 is 1.91 bits per heavy atom. The molecular formula is C17H25NO5. The molecule has 6 nitrogen and oxygen atoms in total. The minimum atomic E-state index is -0.992. The van der Waals surface area contributed by atoms with E-state index in [0.717, 1.165) is 24.9 Å². The van der Waals surface area contributed by atoms with Crippen LogP contribution in [-0.4, -0.2) is 55.3 Å². The summed E-state index contributed by atoms with van der Waals surface area (Å²) in [5.74, 6) is -0.475. The van der Waals surface area contributed by atoms with Crippen molar-refractivity contribution in [2.24, 2.45) is 0 Å². The summed E-state index contributed by atoms with van der Waals surface area (Å²) in [4.78, 5) is 24.5. The van der Waals surface area contributed by atoms with Crippen molar-refractivity contribution in [3.8, 4) is 5.75 Å². The summed E-state index contributed by atoms with van der Waals surface area (Å²) in [7, 11) is 3.14. The number of amides is 1. The van der Waals surface area contributed by atoms with Gasteiger partial charge >= 0.3 is 5.97 Å². The van der Waals surface area contributed by atoms with Gasteiger partial charge in [-0.05, 0) is 24.1 Å². The van der Waals surface area contributed by atoms with Crippen molar-refractivity contribution in [2.75, 3.05) is 27.3 Å². The molecule has 1 aromatic rings. The molecule has 1 atom stereocenters. The van der Waals surface area contributed by atoms with Crippen molar-refractivity contribution in [3.63, 3.8) is 0 Å². The first-order chi connectivity index (χ1) is 11.0. The lowest BCUT2D eigenvalue weighted by Crippen LogP contribution is -2.32. The van der Waals surface area contributed by atoms with Crippen LogP contribution in [0, 0.1) is 0 Å². The van der Waals surface area contributed by atoms with Crippen molar-refractivity contribution < 1.29 is 24.2 Å². The molecule has 1 rings (SSSR count). The van der Waals surface area contributed by atoms with Crippen molar-refractivity contribution >= 4 is 11.9 Å². The van der Waals surface area contributed by atoms with Gasteiger partial charge in [0.25, 0.3) is 5.91 Å². The number of likely N-dealkylation sites (N-methyl/N-ethyl adjacent to an activating group) is 1. The molecule has 0 unspecified atom stereocenters. The van der Waals surface area contributed by atoms with Gasteiger partial charge in [-0.3, -0.25) is 4.79 Å². The Bertz CT molecular complexity index is 500. The van der Waals surface area contributed by atoms with Gasteiger partial charge in [0.15, 0.2) is 12.7 Å². The predicted octanol–water partition coefficient (Wildman–Crippen LogP) is 1.97. The third kappa shape index (κ3) is 6.69. The molecule has 0 saturated carbocycles. The maximum absolute atomic E-state index is 11.9. The van der Waals surface area contributed by atoms with Gasteiger partial charge in [-0.1, -0.05) is 25.5 Å². The molecule has 0 aliphatic carbocycles. The number of hydrogen-bond donors (Lipinski definition) is 1. The summed E-state index contributed by atoms with van der Waals surface area (Å²) >= 11 is 0. The number of carboxylic acids is 1. The van der Waals surface area contributed by atoms with Crippen LogP contribution < -0.4 is 4.74 Å². The van der Waals surface area contributed by atoms with Crippen LogP contribution in [0.25, 0.3) is 0 Å². The summed E-state index contributed by atoms with van der Waals surface area (Å²) in [6.45, 7) is 2.80. The highest BCUT2D eigenvalue weighted by Gasteiger charge is 2.16. The van der Waals surface area contributed by atoms with Crippen LogP contribution in [0.1, 0.15) is 25.3 Å². The lowest BCUT2D eigenvalue weighted by Gasteiger charge is -2.17. The summed E-state index contributed by atoms with van der Waals surface area (Å²) in [5, 5.41) is 8.96. The van der Waals surface area contributed by atoms with E-state index >= 15 is 0 Å². The molecule has 0 heterocycles. The van der Waals surface area contributed by atoms with E-state index < -0.39 is 12.1 Å². The molecule has 0 spiro atoms. The number of hydrogen-bond acceptors (Lipinski definition) is 4. The van der Waals surface area contributed by atoms with Crippen molar-refractivity contribution in [1.82, 2.24) is 4.90 Å². The highest BCUT2D eigenvalue weighted by Crippen LogP contribution is 2.14. The largest absolute Gasteiger partial charge is 0.484 e. The van der Waals surface area contributed by atoms with Crippen LogP contribution in [-0.2, 0) is 20.7 Å². The van der Waals surface area contributed by atoms with E-state index in [0.29, 0.717) is 5.75 Å². The number of benzene rings is 1. The maximum atomic E-state index is 11.9. The average Bonchev–Trinajstić information content (AvgIpc) is 2.55. The van der Waals surface area contributed by atoms with Gasteiger partial charge < -0.3 is 19.5 Å². The topological polar surface area (TPSA) is 76.1 Å². The van der Waals surface area contributed by atoms with Crippen LogP contribution in [0.15, 0.2) is 24.3 Å². The van der Waals surface area contributed by atoms with Gasteiger partial charge in [0.05, 0.1) is 0 Å². The summed E-state index contributed by atoms with van der Waals surface area (Å²) < 4.78 is 10.4. The lowest BCUT2D eigenvalue weighted by atomic mass is 10.1. The first-order valence-electron chi connectivity index (χ1n) is 7.69. The van der Waals surface area contributed by atoms with Crippen LogP contribution in [0.3, 0.4) is 0 Å². The molecule has 0 aliphatic rings. The third-order valence-electron chi connectivity index (χ3n) is 3.54. The second kappa shape index (κ2) is 9.84. The molecule has 0 aromatic heterocycles. The van der Waals surface area contributed by atoms with Crippen LogP contribution >= 0.6 is 0 Å². The molecule has 0 radical (unpaired) electrons. The Labute approximate surface area is 137 Å². The molecule has 0 aliphatic heterocycles. The van der Waals surface area contributed by atoms with E-state index in [9.17, 15) is 9.59 Å². The monoisotopic (exact) mass is 323 g/mol. The molecule has 0 fully saturated rings. The zero-order valence-electron chi connectivity index (χ0n) is 13.9. The highest BCUT2D eigenvalue weighted by atomic mass is 16.5. The number of nitrogens with zero attached hydrogens (tertiary/aromatic N) is 1. The normalized spacial score (nSPS) is 11.8. The molecule has 0 bridgehead atoms. The Morgan fingerprint density at radius 1 is 1.26 bits per heavy atom. The minimum Gasteiger partial charge on any atom is -0.484 e. The summed E-state index contributed by atoms with van der Waals surface area (Å²) in [6.07, 6.45) is 1.43. The fourth-order valence-electron chi connectivity index (χ4n) is 1.98. The van der Waals surface area contributed by atoms with Gasteiger partial charge in [-0.25, -0.2) is 4.79 Å². The zero-order chi connectivity index (χ0) is 17.2. The van der Waals surface area contributed by atoms with E-state index in [1.807, 2.05) is 0 Å². The molecule has 0 saturated heterocycles. The number of carbonyl (C=O) groups is 2. The Morgan fingerprint density at radius 3 is 2.43 bits per heavy atom. The summed E-state index contributed by atoms with van der Waals surface area (Å²) in [5.41, 5.74) is 0.831. The minimum absolute atomic E-state index is 0.00458. The van der Waals surface area contributed by atoms with Crippen molar-refractivity contribution in [1.29, 1.82) is 0 Å². The summed E-state index contributed by atoms with van der Waals surface area (Å²) in [6, 6.07) is 7.00. The molecule has 1 N–H and O–H groups in total. The third-order valence-corrected chi connectivity index (χ3v) is 3.54. The number of methoxy groups -OCH3 is 1. The molecular weight excluding hydrogens is 298 g/mol. The lowest BCUT2D eigenvalue weighted by molar-refractivity contribution is -0.148. The number of ether oxygens (including phenoxy) is 2. The second-order valence-corrected chi connectivity index (χ2v) is 5.37. The Kier molecular flexibility index (Phi) is 8.11. The number of rotatable bonds is 10. The SMILES string of the molecule is CCCCN(C)C(=O)COc1ccc(C[C@H](OC)C(=O)O)cc1. The number of unbranched alkanes of at least 4 members (excludes halogenated alkanes) is 1. The Hall–Kier alpha value is -2.08. The molecule has 23 heavy (non-hydrogen) atoms. The van der Waals surface area contributed by atoms with Crippen LogP contribution in [0.2, 0.25) is 0 Å². The highest BCUT2D eigenvalue weighted by molar-refractivity contribution is 5.77. The standard InChI is InChI=1S/C17H25NO5/c1-4-5-10-18(2)16(19)12-23-14-8-6-13(7-9-14)11-15(22-3)17(20)21/h6-9,15H,4-5,10-12H2,1-3H3,(H,20,21)/t15-/m0/s1. The smallest absolute Gasteiger partial charge is 0.333 e. The number of aliphatic carboxylic acids is 1. The van der Waals surface area contributed by atoms with E-state index in [-0.39, 0.29) is 18.9 Å². The van der Waals surface area contributed by atoms with Crippen LogP contribution in [0.5, 0.6) is 5.75 Å². The van der Waals surface area contributed by atoms with E-state index in [1.54, 1.807) is 36.2 Å². The maximum Gasteiger partial charge on any atom is 0.333 e. The second-order valence-electron chi connectivity index (χ2n) is 5.37. The van der Waals surface area contributed by atoms with Crippen molar-refractivity contribution in [3.05, 3.63) is 29.8 Å².